The molecule has 0 aliphatic heterocycles. The average molecular weight is 403 g/mol. The summed E-state index contributed by atoms with van der Waals surface area (Å²) in [5, 5.41) is 4.05. The number of nitrogens with one attached hydrogen (secondary N) is 1. The second-order valence-electron chi connectivity index (χ2n) is 6.64. The summed E-state index contributed by atoms with van der Waals surface area (Å²) < 4.78 is 6.47. The Bertz CT molecular complexity index is 762. The van der Waals surface area contributed by atoms with Crippen LogP contribution in [0.1, 0.15) is 49.2 Å². The maximum atomic E-state index is 12.2. The molecule has 2 rings (SSSR count). The molecule has 1 amide bonds. The highest BCUT2D eigenvalue weighted by atomic mass is 79.9. The van der Waals surface area contributed by atoms with Crippen LogP contribution in [0.3, 0.4) is 0 Å². The highest BCUT2D eigenvalue weighted by Gasteiger charge is 2.14. The Morgan fingerprint density at radius 3 is 2.48 bits per heavy atom. The molecular formula is C20H23BrN2O2. The zero-order chi connectivity index (χ0) is 18.4. The largest absolute Gasteiger partial charge is 0.493 e. The fourth-order valence-corrected chi connectivity index (χ4v) is 2.63. The zero-order valence-corrected chi connectivity index (χ0v) is 16.6. The molecule has 0 atom stereocenters. The minimum Gasteiger partial charge on any atom is -0.493 e. The van der Waals surface area contributed by atoms with Gasteiger partial charge in [0.1, 0.15) is 5.75 Å². The van der Waals surface area contributed by atoms with E-state index in [9.17, 15) is 4.79 Å². The minimum absolute atomic E-state index is 0.0591. The van der Waals surface area contributed by atoms with Gasteiger partial charge in [-0.2, -0.15) is 5.10 Å². The van der Waals surface area contributed by atoms with Gasteiger partial charge in [0.15, 0.2) is 0 Å². The van der Waals surface area contributed by atoms with Gasteiger partial charge >= 0.3 is 0 Å². The van der Waals surface area contributed by atoms with Crippen LogP contribution in [0.5, 0.6) is 5.75 Å². The van der Waals surface area contributed by atoms with Gasteiger partial charge in [-0.05, 0) is 48.2 Å². The number of rotatable bonds is 5. The molecule has 0 fully saturated rings. The van der Waals surface area contributed by atoms with Crippen LogP contribution in [0.15, 0.2) is 52.0 Å². The molecular weight excluding hydrogens is 380 g/mol. The Morgan fingerprint density at radius 1 is 1.20 bits per heavy atom. The molecule has 4 nitrogen and oxygen atoms in total. The summed E-state index contributed by atoms with van der Waals surface area (Å²) >= 11 is 3.42. The summed E-state index contributed by atoms with van der Waals surface area (Å²) in [5.74, 6) is 0.475. The maximum absolute atomic E-state index is 12.2. The first-order valence-corrected chi connectivity index (χ1v) is 8.97. The molecule has 0 aromatic heterocycles. The van der Waals surface area contributed by atoms with Gasteiger partial charge in [-0.25, -0.2) is 5.43 Å². The van der Waals surface area contributed by atoms with Crippen molar-refractivity contribution in [2.24, 2.45) is 5.10 Å². The number of hydrogen-bond acceptors (Lipinski definition) is 3. The molecule has 0 heterocycles. The summed E-state index contributed by atoms with van der Waals surface area (Å²) in [7, 11) is 0. The third-order valence-electron chi connectivity index (χ3n) is 3.65. The van der Waals surface area contributed by atoms with Gasteiger partial charge in [-0.1, -0.05) is 48.8 Å². The number of hydrogen-bond donors (Lipinski definition) is 1. The molecule has 0 spiro atoms. The van der Waals surface area contributed by atoms with Crippen LogP contribution >= 0.6 is 15.9 Å². The lowest BCUT2D eigenvalue weighted by Crippen LogP contribution is -2.18. The number of nitrogens with zero attached hydrogens (tertiary/aromatic N) is 1. The van der Waals surface area contributed by atoms with Crippen molar-refractivity contribution >= 4 is 28.1 Å². The van der Waals surface area contributed by atoms with Gasteiger partial charge in [0, 0.05) is 15.6 Å². The molecule has 1 N–H and O–H groups in total. The number of hydrazone groups is 1. The zero-order valence-electron chi connectivity index (χ0n) is 15.0. The van der Waals surface area contributed by atoms with Gasteiger partial charge < -0.3 is 4.74 Å². The molecule has 0 saturated heterocycles. The highest BCUT2D eigenvalue weighted by molar-refractivity contribution is 9.10. The van der Waals surface area contributed by atoms with Crippen molar-refractivity contribution in [3.63, 3.8) is 0 Å². The van der Waals surface area contributed by atoms with Crippen molar-refractivity contribution in [1.82, 2.24) is 5.43 Å². The van der Waals surface area contributed by atoms with E-state index in [0.29, 0.717) is 12.2 Å². The lowest BCUT2D eigenvalue weighted by molar-refractivity contribution is 0.0955. The second-order valence-corrected chi connectivity index (χ2v) is 7.56. The summed E-state index contributed by atoms with van der Waals surface area (Å²) in [6, 6.07) is 13.2. The highest BCUT2D eigenvalue weighted by Crippen LogP contribution is 2.23. The second kappa shape index (κ2) is 8.30. The van der Waals surface area contributed by atoms with E-state index >= 15 is 0 Å². The number of halogens is 1. The van der Waals surface area contributed by atoms with Gasteiger partial charge in [0.25, 0.3) is 5.91 Å². The Kier molecular flexibility index (Phi) is 6.37. The van der Waals surface area contributed by atoms with Crippen molar-refractivity contribution in [3.05, 3.63) is 63.6 Å². The van der Waals surface area contributed by atoms with Crippen molar-refractivity contribution in [3.8, 4) is 5.75 Å². The van der Waals surface area contributed by atoms with Crippen molar-refractivity contribution in [2.75, 3.05) is 6.61 Å². The van der Waals surface area contributed by atoms with E-state index in [4.69, 9.17) is 4.74 Å². The quantitative estimate of drug-likeness (QED) is 0.570. The van der Waals surface area contributed by atoms with E-state index in [1.165, 1.54) is 5.56 Å². The molecule has 0 aliphatic carbocycles. The number of amides is 1. The third-order valence-corrected chi connectivity index (χ3v) is 4.15. The van der Waals surface area contributed by atoms with Crippen molar-refractivity contribution in [1.29, 1.82) is 0 Å². The molecule has 2 aromatic carbocycles. The molecule has 5 heteroatoms. The summed E-state index contributed by atoms with van der Waals surface area (Å²) in [5.41, 5.74) is 5.16. The van der Waals surface area contributed by atoms with E-state index in [2.05, 4.69) is 47.2 Å². The molecule has 0 aliphatic rings. The molecule has 25 heavy (non-hydrogen) atoms. The topological polar surface area (TPSA) is 50.7 Å². The van der Waals surface area contributed by atoms with Crippen LogP contribution in [0.25, 0.3) is 0 Å². The van der Waals surface area contributed by atoms with Gasteiger partial charge in [0.05, 0.1) is 12.8 Å². The van der Waals surface area contributed by atoms with Crippen LogP contribution in [0.2, 0.25) is 0 Å². The Labute approximate surface area is 157 Å². The van der Waals surface area contributed by atoms with Crippen molar-refractivity contribution < 1.29 is 9.53 Å². The van der Waals surface area contributed by atoms with Crippen LogP contribution < -0.4 is 10.2 Å². The minimum atomic E-state index is -0.246. The summed E-state index contributed by atoms with van der Waals surface area (Å²) in [6.07, 6.45) is 1.58. The lowest BCUT2D eigenvalue weighted by atomic mass is 9.87. The smallest absolute Gasteiger partial charge is 0.271 e. The van der Waals surface area contributed by atoms with Crippen LogP contribution in [0.4, 0.5) is 0 Å². The van der Waals surface area contributed by atoms with E-state index in [1.807, 2.05) is 49.4 Å². The number of carbonyl (C=O) groups is 1. The fraction of sp³-hybridized carbons (Fsp3) is 0.300. The van der Waals surface area contributed by atoms with Crippen LogP contribution in [-0.2, 0) is 5.41 Å². The molecule has 0 radical (unpaired) electrons. The molecule has 0 bridgehead atoms. The Balaban J connectivity index is 2.07. The standard InChI is InChI=1S/C20H23BrN2O2/c1-5-25-18-11-10-17(21)12-15(18)13-22-23-19(24)14-6-8-16(9-7-14)20(2,3)4/h6-13H,5H2,1-4H3,(H,23,24)/b22-13+. The number of benzene rings is 2. The third kappa shape index (κ3) is 5.43. The van der Waals surface area contributed by atoms with Gasteiger partial charge in [-0.3, -0.25) is 4.79 Å². The van der Waals surface area contributed by atoms with E-state index in [1.54, 1.807) is 6.21 Å². The molecule has 132 valence electrons. The fourth-order valence-electron chi connectivity index (χ4n) is 2.25. The predicted octanol–water partition coefficient (Wildman–Crippen LogP) is 4.91. The van der Waals surface area contributed by atoms with E-state index < -0.39 is 0 Å². The molecule has 0 unspecified atom stereocenters. The van der Waals surface area contributed by atoms with Gasteiger partial charge in [0.2, 0.25) is 0 Å². The Hall–Kier alpha value is -2.14. The van der Waals surface area contributed by atoms with Crippen LogP contribution in [0, 0.1) is 0 Å². The average Bonchev–Trinajstić information content (AvgIpc) is 2.56. The van der Waals surface area contributed by atoms with E-state index in [-0.39, 0.29) is 11.3 Å². The molecule has 2 aromatic rings. The summed E-state index contributed by atoms with van der Waals surface area (Å²) in [4.78, 5) is 12.2. The van der Waals surface area contributed by atoms with Gasteiger partial charge in [-0.15, -0.1) is 0 Å². The van der Waals surface area contributed by atoms with Crippen LogP contribution in [-0.4, -0.2) is 18.7 Å². The van der Waals surface area contributed by atoms with E-state index in [0.717, 1.165) is 15.8 Å². The van der Waals surface area contributed by atoms with Crippen molar-refractivity contribution in [2.45, 2.75) is 33.1 Å². The normalized spacial score (nSPS) is 11.6. The first kappa shape index (κ1) is 19.2. The first-order valence-electron chi connectivity index (χ1n) is 8.17. The predicted molar refractivity (Wildman–Crippen MR) is 106 cm³/mol. The maximum Gasteiger partial charge on any atom is 0.271 e. The SMILES string of the molecule is CCOc1ccc(Br)cc1/C=N/NC(=O)c1ccc(C(C)(C)C)cc1. The molecule has 0 saturated carbocycles. The number of ether oxygens (including phenoxy) is 1. The summed E-state index contributed by atoms with van der Waals surface area (Å²) in [6.45, 7) is 8.90. The number of carbonyl (C=O) groups excluding carboxylic acids is 1. The monoisotopic (exact) mass is 402 g/mol. The lowest BCUT2D eigenvalue weighted by Gasteiger charge is -2.18. The Morgan fingerprint density at radius 2 is 1.88 bits per heavy atom. The first-order chi connectivity index (χ1) is 11.8.